The molecule has 0 fully saturated rings. The molecular weight excluding hydrogens is 298 g/mol. The predicted octanol–water partition coefficient (Wildman–Crippen LogP) is 3.54. The largest absolute Gasteiger partial charge is 0.492 e. The molecule has 0 aliphatic heterocycles. The van der Waals surface area contributed by atoms with Gasteiger partial charge in [-0.15, -0.1) is 0 Å². The summed E-state index contributed by atoms with van der Waals surface area (Å²) in [6, 6.07) is 13.0. The first kappa shape index (κ1) is 14.7. The minimum absolute atomic E-state index is 0.108. The lowest BCUT2D eigenvalue weighted by Crippen LogP contribution is -2.13. The van der Waals surface area contributed by atoms with Crippen molar-refractivity contribution >= 4 is 27.3 Å². The van der Waals surface area contributed by atoms with Crippen LogP contribution in [0.1, 0.15) is 6.92 Å². The minimum atomic E-state index is -3.69. The summed E-state index contributed by atoms with van der Waals surface area (Å²) in [6.07, 6.45) is 0. The van der Waals surface area contributed by atoms with Crippen LogP contribution in [-0.2, 0) is 10.0 Å². The van der Waals surface area contributed by atoms with E-state index < -0.39 is 10.0 Å². The van der Waals surface area contributed by atoms with E-state index in [1.165, 1.54) is 12.1 Å². The first-order valence-electron chi connectivity index (χ1n) is 6.03. The van der Waals surface area contributed by atoms with E-state index in [1.54, 1.807) is 36.4 Å². The first-order valence-corrected chi connectivity index (χ1v) is 7.89. The molecule has 1 N–H and O–H groups in total. The van der Waals surface area contributed by atoms with Gasteiger partial charge in [-0.2, -0.15) is 0 Å². The van der Waals surface area contributed by atoms with Crippen molar-refractivity contribution in [1.29, 1.82) is 0 Å². The second-order valence-electron chi connectivity index (χ2n) is 3.99. The van der Waals surface area contributed by atoms with Crippen molar-refractivity contribution < 1.29 is 13.2 Å². The average molecular weight is 312 g/mol. The number of para-hydroxylation sites is 2. The topological polar surface area (TPSA) is 55.4 Å². The highest BCUT2D eigenvalue weighted by atomic mass is 35.5. The van der Waals surface area contributed by atoms with Gasteiger partial charge in [0.05, 0.1) is 17.2 Å². The zero-order chi connectivity index (χ0) is 14.6. The van der Waals surface area contributed by atoms with E-state index >= 15 is 0 Å². The fourth-order valence-corrected chi connectivity index (χ4v) is 3.04. The van der Waals surface area contributed by atoms with E-state index in [0.29, 0.717) is 23.1 Å². The number of benzene rings is 2. The van der Waals surface area contributed by atoms with Crippen LogP contribution in [-0.4, -0.2) is 15.0 Å². The lowest BCUT2D eigenvalue weighted by molar-refractivity contribution is 0.342. The Hall–Kier alpha value is -1.72. The number of hydrogen-bond donors (Lipinski definition) is 1. The van der Waals surface area contributed by atoms with Crippen LogP contribution >= 0.6 is 11.6 Å². The summed E-state index contributed by atoms with van der Waals surface area (Å²) in [6.45, 7) is 2.29. The maximum absolute atomic E-state index is 12.3. The Kier molecular flexibility index (Phi) is 4.52. The second-order valence-corrected chi connectivity index (χ2v) is 6.11. The van der Waals surface area contributed by atoms with Gasteiger partial charge in [0.15, 0.2) is 0 Å². The molecule has 2 rings (SSSR count). The van der Waals surface area contributed by atoms with Gasteiger partial charge >= 0.3 is 0 Å². The highest BCUT2D eigenvalue weighted by Crippen LogP contribution is 2.27. The van der Waals surface area contributed by atoms with E-state index in [0.717, 1.165) is 0 Å². The van der Waals surface area contributed by atoms with Gasteiger partial charge in [0, 0.05) is 5.02 Å². The Balaban J connectivity index is 2.34. The Morgan fingerprint density at radius 1 is 1.15 bits per heavy atom. The van der Waals surface area contributed by atoms with Crippen LogP contribution in [0.5, 0.6) is 5.75 Å². The number of sulfonamides is 1. The lowest BCUT2D eigenvalue weighted by atomic mass is 10.3. The molecule has 0 bridgehead atoms. The molecule has 0 aliphatic carbocycles. The predicted molar refractivity (Wildman–Crippen MR) is 79.9 cm³/mol. The fourth-order valence-electron chi connectivity index (χ4n) is 1.67. The summed E-state index contributed by atoms with van der Waals surface area (Å²) in [7, 11) is -3.69. The molecule has 0 spiro atoms. The highest BCUT2D eigenvalue weighted by Gasteiger charge is 2.16. The zero-order valence-corrected chi connectivity index (χ0v) is 12.4. The zero-order valence-electron chi connectivity index (χ0n) is 10.8. The molecule has 106 valence electrons. The van der Waals surface area contributed by atoms with E-state index in [4.69, 9.17) is 16.3 Å². The van der Waals surface area contributed by atoms with Gasteiger partial charge in [-0.3, -0.25) is 4.72 Å². The maximum atomic E-state index is 12.3. The molecule has 4 nitrogen and oxygen atoms in total. The first-order chi connectivity index (χ1) is 9.53. The third-order valence-corrected chi connectivity index (χ3v) is 4.14. The molecule has 2 aromatic rings. The lowest BCUT2D eigenvalue weighted by Gasteiger charge is -2.12. The average Bonchev–Trinajstić information content (AvgIpc) is 2.41. The smallest absolute Gasteiger partial charge is 0.262 e. The molecule has 0 aromatic heterocycles. The molecule has 0 amide bonds. The van der Waals surface area contributed by atoms with E-state index in [1.807, 2.05) is 6.92 Å². The number of hydrogen-bond acceptors (Lipinski definition) is 3. The van der Waals surface area contributed by atoms with Crippen LogP contribution < -0.4 is 9.46 Å². The SMILES string of the molecule is CCOc1ccccc1NS(=O)(=O)c1cccc(Cl)c1. The van der Waals surface area contributed by atoms with Crippen molar-refractivity contribution in [2.75, 3.05) is 11.3 Å². The summed E-state index contributed by atoms with van der Waals surface area (Å²) in [5.74, 6) is 0.487. The van der Waals surface area contributed by atoms with Crippen LogP contribution in [0.2, 0.25) is 5.02 Å². The second kappa shape index (κ2) is 6.15. The van der Waals surface area contributed by atoms with Gasteiger partial charge in [0.25, 0.3) is 10.0 Å². The highest BCUT2D eigenvalue weighted by molar-refractivity contribution is 7.92. The third-order valence-electron chi connectivity index (χ3n) is 2.54. The monoisotopic (exact) mass is 311 g/mol. The Bertz CT molecular complexity index is 701. The normalized spacial score (nSPS) is 11.1. The van der Waals surface area contributed by atoms with Crippen molar-refractivity contribution in [2.24, 2.45) is 0 Å². The summed E-state index contributed by atoms with van der Waals surface area (Å²) >= 11 is 5.82. The summed E-state index contributed by atoms with van der Waals surface area (Å²) in [5, 5.41) is 0.367. The van der Waals surface area contributed by atoms with Crippen LogP contribution in [0.4, 0.5) is 5.69 Å². The molecule has 0 radical (unpaired) electrons. The van der Waals surface area contributed by atoms with Gasteiger partial charge in [-0.25, -0.2) is 8.42 Å². The third kappa shape index (κ3) is 3.43. The summed E-state index contributed by atoms with van der Waals surface area (Å²) in [4.78, 5) is 0.108. The molecule has 0 saturated carbocycles. The van der Waals surface area contributed by atoms with Gasteiger partial charge in [0.2, 0.25) is 0 Å². The summed E-state index contributed by atoms with van der Waals surface area (Å²) < 4.78 is 32.5. The van der Waals surface area contributed by atoms with Gasteiger partial charge in [-0.05, 0) is 37.3 Å². The molecular formula is C14H14ClNO3S. The molecule has 0 saturated heterocycles. The van der Waals surface area contributed by atoms with Crippen molar-refractivity contribution in [3.05, 3.63) is 53.6 Å². The van der Waals surface area contributed by atoms with Gasteiger partial charge in [-0.1, -0.05) is 29.8 Å². The molecule has 20 heavy (non-hydrogen) atoms. The van der Waals surface area contributed by atoms with Crippen LogP contribution in [0.15, 0.2) is 53.4 Å². The van der Waals surface area contributed by atoms with E-state index in [2.05, 4.69) is 4.72 Å². The Morgan fingerprint density at radius 3 is 2.60 bits per heavy atom. The maximum Gasteiger partial charge on any atom is 0.262 e. The van der Waals surface area contributed by atoms with Gasteiger partial charge in [0.1, 0.15) is 5.75 Å². The fraction of sp³-hybridized carbons (Fsp3) is 0.143. The molecule has 6 heteroatoms. The van der Waals surface area contributed by atoms with Gasteiger partial charge < -0.3 is 4.74 Å². The standard InChI is InChI=1S/C14H14ClNO3S/c1-2-19-14-9-4-3-8-13(14)16-20(17,18)12-7-5-6-11(15)10-12/h3-10,16H,2H2,1H3. The Morgan fingerprint density at radius 2 is 1.90 bits per heavy atom. The van der Waals surface area contributed by atoms with Crippen molar-refractivity contribution in [1.82, 2.24) is 0 Å². The number of halogens is 1. The number of anilines is 1. The molecule has 2 aromatic carbocycles. The molecule has 0 unspecified atom stereocenters. The Labute approximate surface area is 123 Å². The number of ether oxygens (including phenoxy) is 1. The van der Waals surface area contributed by atoms with E-state index in [-0.39, 0.29) is 4.90 Å². The van der Waals surface area contributed by atoms with E-state index in [9.17, 15) is 8.42 Å². The van der Waals surface area contributed by atoms with Crippen LogP contribution in [0.3, 0.4) is 0 Å². The minimum Gasteiger partial charge on any atom is -0.492 e. The van der Waals surface area contributed by atoms with Crippen molar-refractivity contribution in [3.63, 3.8) is 0 Å². The molecule has 0 atom stereocenters. The molecule has 0 aliphatic rings. The van der Waals surface area contributed by atoms with Crippen molar-refractivity contribution in [2.45, 2.75) is 11.8 Å². The van der Waals surface area contributed by atoms with Crippen molar-refractivity contribution in [3.8, 4) is 5.75 Å². The summed E-state index contributed by atoms with van der Waals surface area (Å²) in [5.41, 5.74) is 0.398. The van der Waals surface area contributed by atoms with Crippen LogP contribution in [0, 0.1) is 0 Å². The quantitative estimate of drug-likeness (QED) is 0.919. The van der Waals surface area contributed by atoms with Crippen LogP contribution in [0.25, 0.3) is 0 Å². The number of nitrogens with one attached hydrogen (secondary N) is 1. The molecule has 0 heterocycles. The number of rotatable bonds is 5.